The van der Waals surface area contributed by atoms with E-state index in [1.54, 1.807) is 6.07 Å². The Balaban J connectivity index is 2.32. The maximum Gasteiger partial charge on any atom is 0.234 e. The van der Waals surface area contributed by atoms with Gasteiger partial charge >= 0.3 is 0 Å². The van der Waals surface area contributed by atoms with Gasteiger partial charge in [0.05, 0.1) is 6.54 Å². The Morgan fingerprint density at radius 2 is 2.20 bits per heavy atom. The van der Waals surface area contributed by atoms with Crippen molar-refractivity contribution in [3.05, 3.63) is 24.3 Å². The minimum absolute atomic E-state index is 0.0470. The monoisotopic (exact) mass is 279 g/mol. The molecule has 0 aromatic heterocycles. The molecule has 0 aliphatic carbocycles. The van der Waals surface area contributed by atoms with E-state index in [4.69, 9.17) is 10.5 Å². The summed E-state index contributed by atoms with van der Waals surface area (Å²) in [6.45, 7) is 8.39. The van der Waals surface area contributed by atoms with Crippen LogP contribution in [0, 0.1) is 0 Å². The van der Waals surface area contributed by atoms with E-state index in [9.17, 15) is 4.79 Å². The lowest BCUT2D eigenvalue weighted by Crippen LogP contribution is -2.41. The summed E-state index contributed by atoms with van der Waals surface area (Å²) in [6.07, 6.45) is 0. The van der Waals surface area contributed by atoms with E-state index in [1.165, 1.54) is 0 Å². The molecule has 1 amide bonds. The zero-order chi connectivity index (χ0) is 15.0. The first-order chi connectivity index (χ1) is 9.51. The van der Waals surface area contributed by atoms with Crippen LogP contribution in [0.4, 0.5) is 5.69 Å². The van der Waals surface area contributed by atoms with Crippen LogP contribution in [0.2, 0.25) is 0 Å². The number of likely N-dealkylation sites (N-methyl/N-ethyl adjacent to an activating group) is 1. The zero-order valence-electron chi connectivity index (χ0n) is 12.6. The molecule has 5 nitrogen and oxygen atoms in total. The SMILES string of the molecule is CCN(CCOc1cccc(N)c1)CC(=O)NC(C)C. The van der Waals surface area contributed by atoms with Crippen molar-refractivity contribution in [1.29, 1.82) is 0 Å². The molecule has 0 aliphatic rings. The fourth-order valence-electron chi connectivity index (χ4n) is 1.82. The average molecular weight is 279 g/mol. The third kappa shape index (κ3) is 6.43. The molecule has 0 saturated heterocycles. The summed E-state index contributed by atoms with van der Waals surface area (Å²) in [6, 6.07) is 7.52. The van der Waals surface area contributed by atoms with Crippen LogP contribution >= 0.6 is 0 Å². The highest BCUT2D eigenvalue weighted by atomic mass is 16.5. The minimum Gasteiger partial charge on any atom is -0.492 e. The molecule has 5 heteroatoms. The summed E-state index contributed by atoms with van der Waals surface area (Å²) in [5.41, 5.74) is 6.37. The van der Waals surface area contributed by atoms with Crippen LogP contribution in [0.5, 0.6) is 5.75 Å². The molecule has 1 aromatic rings. The number of nitrogens with zero attached hydrogens (tertiary/aromatic N) is 1. The summed E-state index contributed by atoms with van der Waals surface area (Å²) in [5, 5.41) is 2.89. The number of carbonyl (C=O) groups is 1. The second-order valence-electron chi connectivity index (χ2n) is 5.01. The summed E-state index contributed by atoms with van der Waals surface area (Å²) >= 11 is 0. The van der Waals surface area contributed by atoms with Gasteiger partial charge in [0.25, 0.3) is 0 Å². The average Bonchev–Trinajstić information content (AvgIpc) is 2.36. The Bertz CT molecular complexity index is 421. The Morgan fingerprint density at radius 3 is 2.80 bits per heavy atom. The number of rotatable bonds is 8. The van der Waals surface area contributed by atoms with Gasteiger partial charge in [0, 0.05) is 24.3 Å². The number of nitrogen functional groups attached to an aromatic ring is 1. The minimum atomic E-state index is 0.0470. The number of benzene rings is 1. The summed E-state index contributed by atoms with van der Waals surface area (Å²) in [4.78, 5) is 13.7. The van der Waals surface area contributed by atoms with Gasteiger partial charge in [-0.1, -0.05) is 13.0 Å². The Kier molecular flexibility index (Phi) is 6.87. The summed E-state index contributed by atoms with van der Waals surface area (Å²) < 4.78 is 5.63. The highest BCUT2D eigenvalue weighted by Crippen LogP contribution is 2.14. The first-order valence-corrected chi connectivity index (χ1v) is 7.01. The molecule has 0 radical (unpaired) electrons. The lowest BCUT2D eigenvalue weighted by atomic mass is 10.3. The van der Waals surface area contributed by atoms with Gasteiger partial charge in [0.15, 0.2) is 0 Å². The molecule has 3 N–H and O–H groups in total. The van der Waals surface area contributed by atoms with Crippen molar-refractivity contribution < 1.29 is 9.53 Å². The van der Waals surface area contributed by atoms with E-state index in [0.717, 1.165) is 12.3 Å². The highest BCUT2D eigenvalue weighted by Gasteiger charge is 2.09. The van der Waals surface area contributed by atoms with E-state index in [-0.39, 0.29) is 11.9 Å². The largest absolute Gasteiger partial charge is 0.492 e. The maximum atomic E-state index is 11.7. The van der Waals surface area contributed by atoms with Gasteiger partial charge < -0.3 is 15.8 Å². The molecule has 1 aromatic carbocycles. The standard InChI is InChI=1S/C15H25N3O2/c1-4-18(11-15(19)17-12(2)3)8-9-20-14-7-5-6-13(16)10-14/h5-7,10,12H,4,8-9,11,16H2,1-3H3,(H,17,19). The lowest BCUT2D eigenvalue weighted by Gasteiger charge is -2.20. The quantitative estimate of drug-likeness (QED) is 0.708. The molecule has 0 atom stereocenters. The van der Waals surface area contributed by atoms with Crippen molar-refractivity contribution in [2.45, 2.75) is 26.8 Å². The van der Waals surface area contributed by atoms with Crippen LogP contribution in [-0.2, 0) is 4.79 Å². The van der Waals surface area contributed by atoms with E-state index < -0.39 is 0 Å². The number of amides is 1. The molecule has 0 fully saturated rings. The fraction of sp³-hybridized carbons (Fsp3) is 0.533. The number of anilines is 1. The number of nitrogens with two attached hydrogens (primary N) is 1. The van der Waals surface area contributed by atoms with Crippen LogP contribution in [0.3, 0.4) is 0 Å². The lowest BCUT2D eigenvalue weighted by molar-refractivity contribution is -0.122. The highest BCUT2D eigenvalue weighted by molar-refractivity contribution is 5.78. The van der Waals surface area contributed by atoms with E-state index >= 15 is 0 Å². The molecule has 1 rings (SSSR count). The van der Waals surface area contributed by atoms with Gasteiger partial charge in [-0.3, -0.25) is 9.69 Å². The van der Waals surface area contributed by atoms with E-state index in [2.05, 4.69) is 5.32 Å². The predicted molar refractivity (Wildman–Crippen MR) is 81.7 cm³/mol. The molecular weight excluding hydrogens is 254 g/mol. The number of ether oxygens (including phenoxy) is 1. The topological polar surface area (TPSA) is 67.6 Å². The van der Waals surface area contributed by atoms with Crippen molar-refractivity contribution in [2.24, 2.45) is 0 Å². The molecule has 0 saturated carbocycles. The number of nitrogens with one attached hydrogen (secondary N) is 1. The molecular formula is C15H25N3O2. The second kappa shape index (κ2) is 8.43. The normalized spacial score (nSPS) is 10.8. The molecule has 0 unspecified atom stereocenters. The van der Waals surface area contributed by atoms with Gasteiger partial charge in [0.2, 0.25) is 5.91 Å². The molecule has 112 valence electrons. The Hall–Kier alpha value is -1.75. The fourth-order valence-corrected chi connectivity index (χ4v) is 1.82. The molecule has 0 aliphatic heterocycles. The number of carbonyl (C=O) groups excluding carboxylic acids is 1. The van der Waals surface area contributed by atoms with Gasteiger partial charge in [-0.15, -0.1) is 0 Å². The van der Waals surface area contributed by atoms with Gasteiger partial charge in [-0.25, -0.2) is 0 Å². The van der Waals surface area contributed by atoms with Crippen LogP contribution in [-0.4, -0.2) is 43.1 Å². The van der Waals surface area contributed by atoms with Gasteiger partial charge in [0.1, 0.15) is 12.4 Å². The van der Waals surface area contributed by atoms with E-state index in [1.807, 2.05) is 43.9 Å². The van der Waals surface area contributed by atoms with Crippen molar-refractivity contribution in [3.8, 4) is 5.75 Å². The number of hydrogen-bond donors (Lipinski definition) is 2. The molecule has 0 bridgehead atoms. The summed E-state index contributed by atoms with van der Waals surface area (Å²) in [7, 11) is 0. The van der Waals surface area contributed by atoms with Gasteiger partial charge in [-0.05, 0) is 32.5 Å². The van der Waals surface area contributed by atoms with Crippen LogP contribution in [0.1, 0.15) is 20.8 Å². The third-order valence-corrected chi connectivity index (χ3v) is 2.80. The smallest absolute Gasteiger partial charge is 0.234 e. The first-order valence-electron chi connectivity index (χ1n) is 7.01. The van der Waals surface area contributed by atoms with Crippen molar-refractivity contribution in [3.63, 3.8) is 0 Å². The van der Waals surface area contributed by atoms with Crippen LogP contribution in [0.15, 0.2) is 24.3 Å². The summed E-state index contributed by atoms with van der Waals surface area (Å²) in [5.74, 6) is 0.804. The van der Waals surface area contributed by atoms with Crippen LogP contribution < -0.4 is 15.8 Å². The Morgan fingerprint density at radius 1 is 1.45 bits per heavy atom. The van der Waals surface area contributed by atoms with Crippen molar-refractivity contribution in [2.75, 3.05) is 32.0 Å². The molecule has 0 heterocycles. The number of hydrogen-bond acceptors (Lipinski definition) is 4. The van der Waals surface area contributed by atoms with Gasteiger partial charge in [-0.2, -0.15) is 0 Å². The second-order valence-corrected chi connectivity index (χ2v) is 5.01. The zero-order valence-corrected chi connectivity index (χ0v) is 12.6. The molecule has 0 spiro atoms. The first kappa shape index (κ1) is 16.3. The maximum absolute atomic E-state index is 11.7. The van der Waals surface area contributed by atoms with Crippen molar-refractivity contribution in [1.82, 2.24) is 10.2 Å². The molecule has 20 heavy (non-hydrogen) atoms. The van der Waals surface area contributed by atoms with Crippen molar-refractivity contribution >= 4 is 11.6 Å². The van der Waals surface area contributed by atoms with Crippen LogP contribution in [0.25, 0.3) is 0 Å². The third-order valence-electron chi connectivity index (χ3n) is 2.80. The van der Waals surface area contributed by atoms with E-state index in [0.29, 0.717) is 25.4 Å². The Labute approximate surface area is 121 Å². The predicted octanol–water partition coefficient (Wildman–Crippen LogP) is 1.49.